The number of nitrogens with one attached hydrogen (secondary N) is 1. The van der Waals surface area contributed by atoms with Crippen molar-refractivity contribution in [2.75, 3.05) is 7.05 Å². The van der Waals surface area contributed by atoms with Gasteiger partial charge in [-0.3, -0.25) is 0 Å². The second-order valence-electron chi connectivity index (χ2n) is 3.46. The number of hydrogen-bond donors (Lipinski definition) is 1. The van der Waals surface area contributed by atoms with Crippen LogP contribution < -0.4 is 5.32 Å². The molecule has 0 aliphatic rings. The fourth-order valence-electron chi connectivity index (χ4n) is 1.60. The third-order valence-corrected chi connectivity index (χ3v) is 2.29. The first-order chi connectivity index (χ1) is 6.29. The highest BCUT2D eigenvalue weighted by atomic mass is 15.1. The van der Waals surface area contributed by atoms with E-state index in [2.05, 4.69) is 28.7 Å². The smallest absolute Gasteiger partial charge is 0.0951 e. The van der Waals surface area contributed by atoms with Crippen LogP contribution in [0, 0.1) is 0 Å². The average Bonchev–Trinajstić information content (AvgIpc) is 2.54. The number of rotatable bonds is 5. The molecule has 1 atom stereocenters. The molecular formula is C10H19N3. The second kappa shape index (κ2) is 5.02. The van der Waals surface area contributed by atoms with Gasteiger partial charge in [0.1, 0.15) is 0 Å². The number of imidazole rings is 1. The van der Waals surface area contributed by atoms with E-state index in [9.17, 15) is 0 Å². The first kappa shape index (κ1) is 10.3. The molecule has 0 aliphatic carbocycles. The van der Waals surface area contributed by atoms with Gasteiger partial charge in [0.2, 0.25) is 0 Å². The minimum atomic E-state index is 0.566. The highest BCUT2D eigenvalue weighted by Gasteiger charge is 2.07. The summed E-state index contributed by atoms with van der Waals surface area (Å²) in [5.41, 5.74) is 1.27. The standard InChI is InChI=1S/C10H19N3/c1-4-5-9(2)13-8-12-7-10(13)6-11-3/h7-9,11H,4-6H2,1-3H3. The molecule has 1 heterocycles. The lowest BCUT2D eigenvalue weighted by molar-refractivity contribution is 0.480. The molecule has 3 nitrogen and oxygen atoms in total. The molecule has 0 fully saturated rings. The van der Waals surface area contributed by atoms with Gasteiger partial charge in [0.25, 0.3) is 0 Å². The molecule has 0 amide bonds. The molecule has 0 aliphatic heterocycles. The van der Waals surface area contributed by atoms with Crippen LogP contribution in [0.2, 0.25) is 0 Å². The summed E-state index contributed by atoms with van der Waals surface area (Å²) in [5.74, 6) is 0. The van der Waals surface area contributed by atoms with Gasteiger partial charge in [-0.1, -0.05) is 13.3 Å². The van der Waals surface area contributed by atoms with Crippen LogP contribution in [0.5, 0.6) is 0 Å². The van der Waals surface area contributed by atoms with E-state index in [0.29, 0.717) is 6.04 Å². The molecule has 13 heavy (non-hydrogen) atoms. The molecule has 1 rings (SSSR count). The molecule has 1 aromatic rings. The van der Waals surface area contributed by atoms with E-state index in [1.807, 2.05) is 19.6 Å². The second-order valence-corrected chi connectivity index (χ2v) is 3.46. The van der Waals surface area contributed by atoms with Crippen molar-refractivity contribution in [2.24, 2.45) is 0 Å². The minimum absolute atomic E-state index is 0.566. The molecule has 0 radical (unpaired) electrons. The molecule has 1 N–H and O–H groups in total. The molecule has 74 valence electrons. The van der Waals surface area contributed by atoms with Crippen molar-refractivity contribution in [1.82, 2.24) is 14.9 Å². The number of nitrogens with zero attached hydrogens (tertiary/aromatic N) is 2. The van der Waals surface area contributed by atoms with Crippen LogP contribution in [0.1, 0.15) is 38.4 Å². The minimum Gasteiger partial charge on any atom is -0.331 e. The van der Waals surface area contributed by atoms with E-state index in [1.165, 1.54) is 18.5 Å². The first-order valence-corrected chi connectivity index (χ1v) is 4.94. The average molecular weight is 181 g/mol. The maximum absolute atomic E-state index is 4.17. The highest BCUT2D eigenvalue weighted by molar-refractivity contribution is 4.99. The Hall–Kier alpha value is -0.830. The number of aromatic nitrogens is 2. The summed E-state index contributed by atoms with van der Waals surface area (Å²) >= 11 is 0. The van der Waals surface area contributed by atoms with Gasteiger partial charge in [0.15, 0.2) is 0 Å². The van der Waals surface area contributed by atoms with Crippen molar-refractivity contribution in [3.8, 4) is 0 Å². The third kappa shape index (κ3) is 2.56. The SMILES string of the molecule is CCCC(C)n1cncc1CNC. The summed E-state index contributed by atoms with van der Waals surface area (Å²) in [6.07, 6.45) is 6.29. The summed E-state index contributed by atoms with van der Waals surface area (Å²) in [7, 11) is 1.96. The summed E-state index contributed by atoms with van der Waals surface area (Å²) in [4.78, 5) is 4.17. The summed E-state index contributed by atoms with van der Waals surface area (Å²) in [6, 6.07) is 0.566. The number of hydrogen-bond acceptors (Lipinski definition) is 2. The Labute approximate surface area is 80.2 Å². The molecule has 1 unspecified atom stereocenters. The lowest BCUT2D eigenvalue weighted by atomic mass is 10.2. The van der Waals surface area contributed by atoms with Crippen LogP contribution in [0.3, 0.4) is 0 Å². The lowest BCUT2D eigenvalue weighted by Gasteiger charge is -2.15. The van der Waals surface area contributed by atoms with E-state index < -0.39 is 0 Å². The quantitative estimate of drug-likeness (QED) is 0.752. The van der Waals surface area contributed by atoms with Crippen LogP contribution >= 0.6 is 0 Å². The fourth-order valence-corrected chi connectivity index (χ4v) is 1.60. The van der Waals surface area contributed by atoms with Crippen LogP contribution in [-0.2, 0) is 6.54 Å². The molecule has 0 spiro atoms. The van der Waals surface area contributed by atoms with Crippen molar-refractivity contribution in [1.29, 1.82) is 0 Å². The monoisotopic (exact) mass is 181 g/mol. The van der Waals surface area contributed by atoms with Crippen LogP contribution in [0.15, 0.2) is 12.5 Å². The van der Waals surface area contributed by atoms with Crippen LogP contribution in [-0.4, -0.2) is 16.6 Å². The lowest BCUT2D eigenvalue weighted by Crippen LogP contribution is -2.13. The van der Waals surface area contributed by atoms with Gasteiger partial charge >= 0.3 is 0 Å². The molecule has 0 saturated carbocycles. The van der Waals surface area contributed by atoms with E-state index in [1.54, 1.807) is 0 Å². The van der Waals surface area contributed by atoms with E-state index in [0.717, 1.165) is 6.54 Å². The molecule has 0 aromatic carbocycles. The van der Waals surface area contributed by atoms with Gasteiger partial charge in [-0.05, 0) is 20.4 Å². The van der Waals surface area contributed by atoms with Gasteiger partial charge < -0.3 is 9.88 Å². The van der Waals surface area contributed by atoms with E-state index in [4.69, 9.17) is 0 Å². The van der Waals surface area contributed by atoms with Crippen LogP contribution in [0.25, 0.3) is 0 Å². The molecule has 1 aromatic heterocycles. The Morgan fingerprint density at radius 2 is 2.38 bits per heavy atom. The van der Waals surface area contributed by atoms with Gasteiger partial charge in [0, 0.05) is 18.8 Å². The molecular weight excluding hydrogens is 162 g/mol. The Balaban J connectivity index is 2.68. The van der Waals surface area contributed by atoms with Gasteiger partial charge in [-0.2, -0.15) is 0 Å². The topological polar surface area (TPSA) is 29.9 Å². The Kier molecular flexibility index (Phi) is 3.96. The van der Waals surface area contributed by atoms with Gasteiger partial charge in [-0.25, -0.2) is 4.98 Å². The van der Waals surface area contributed by atoms with Crippen molar-refractivity contribution in [3.63, 3.8) is 0 Å². The van der Waals surface area contributed by atoms with E-state index >= 15 is 0 Å². The summed E-state index contributed by atoms with van der Waals surface area (Å²) in [5, 5.41) is 3.15. The zero-order valence-corrected chi connectivity index (χ0v) is 8.75. The van der Waals surface area contributed by atoms with Crippen molar-refractivity contribution >= 4 is 0 Å². The Morgan fingerprint density at radius 3 is 3.00 bits per heavy atom. The largest absolute Gasteiger partial charge is 0.331 e. The first-order valence-electron chi connectivity index (χ1n) is 4.94. The normalized spacial score (nSPS) is 13.2. The molecule has 0 saturated heterocycles. The summed E-state index contributed by atoms with van der Waals surface area (Å²) in [6.45, 7) is 5.35. The van der Waals surface area contributed by atoms with Crippen molar-refractivity contribution in [3.05, 3.63) is 18.2 Å². The molecule has 3 heteroatoms. The van der Waals surface area contributed by atoms with Crippen molar-refractivity contribution < 1.29 is 0 Å². The maximum Gasteiger partial charge on any atom is 0.0951 e. The zero-order chi connectivity index (χ0) is 9.68. The van der Waals surface area contributed by atoms with Crippen LogP contribution in [0.4, 0.5) is 0 Å². The summed E-state index contributed by atoms with van der Waals surface area (Å²) < 4.78 is 2.25. The maximum atomic E-state index is 4.17. The Morgan fingerprint density at radius 1 is 1.62 bits per heavy atom. The fraction of sp³-hybridized carbons (Fsp3) is 0.700. The predicted molar refractivity (Wildman–Crippen MR) is 54.6 cm³/mol. The molecule has 0 bridgehead atoms. The van der Waals surface area contributed by atoms with Gasteiger partial charge in [-0.15, -0.1) is 0 Å². The predicted octanol–water partition coefficient (Wildman–Crippen LogP) is 1.96. The van der Waals surface area contributed by atoms with Gasteiger partial charge in [0.05, 0.1) is 12.0 Å². The third-order valence-electron chi connectivity index (χ3n) is 2.29. The highest BCUT2D eigenvalue weighted by Crippen LogP contribution is 2.14. The Bertz CT molecular complexity index is 242. The zero-order valence-electron chi connectivity index (χ0n) is 8.75. The van der Waals surface area contributed by atoms with Crippen molar-refractivity contribution in [2.45, 2.75) is 39.3 Å². The van der Waals surface area contributed by atoms with E-state index in [-0.39, 0.29) is 0 Å².